The Balaban J connectivity index is 3.73. The molecule has 6 heteroatoms. The van der Waals surface area contributed by atoms with Gasteiger partial charge in [-0.25, -0.2) is 13.2 Å². The first-order chi connectivity index (χ1) is 8.95. The number of hydrogen-bond acceptors (Lipinski definition) is 5. The fourth-order valence-electron chi connectivity index (χ4n) is 1.83. The lowest BCUT2D eigenvalue weighted by atomic mass is 10.1. The lowest BCUT2D eigenvalue weighted by Gasteiger charge is -2.09. The van der Waals surface area contributed by atoms with Gasteiger partial charge in [0.1, 0.15) is 0 Å². The van der Waals surface area contributed by atoms with Gasteiger partial charge in [0.05, 0.1) is 5.75 Å². The molecule has 0 bridgehead atoms. The van der Waals surface area contributed by atoms with E-state index in [4.69, 9.17) is 5.26 Å². The van der Waals surface area contributed by atoms with Crippen LogP contribution in [-0.4, -0.2) is 30.6 Å². The van der Waals surface area contributed by atoms with E-state index in [1.54, 1.807) is 0 Å². The summed E-state index contributed by atoms with van der Waals surface area (Å²) in [5.74, 6) is -1.14. The van der Waals surface area contributed by atoms with E-state index >= 15 is 0 Å². The Hall–Kier alpha value is -0.620. The van der Waals surface area contributed by atoms with E-state index in [0.717, 1.165) is 19.3 Å². The van der Waals surface area contributed by atoms with Crippen LogP contribution >= 0.6 is 0 Å². The summed E-state index contributed by atoms with van der Waals surface area (Å²) < 4.78 is 23.4. The Labute approximate surface area is 116 Å². The normalized spacial score (nSPS) is 13.2. The molecule has 19 heavy (non-hydrogen) atoms. The average molecular weight is 294 g/mol. The van der Waals surface area contributed by atoms with E-state index in [0.29, 0.717) is 6.42 Å². The molecule has 0 aromatic heterocycles. The van der Waals surface area contributed by atoms with Crippen molar-refractivity contribution in [2.45, 2.75) is 70.5 Å². The molecule has 1 atom stereocenters. The fourth-order valence-corrected chi connectivity index (χ4v) is 3.13. The van der Waals surface area contributed by atoms with Crippen molar-refractivity contribution in [1.29, 1.82) is 0 Å². The second-order valence-corrected chi connectivity index (χ2v) is 7.34. The largest absolute Gasteiger partial charge is 0.359 e. The minimum Gasteiger partial charge on any atom is -0.300 e. The van der Waals surface area contributed by atoms with E-state index in [1.165, 1.54) is 32.6 Å². The van der Waals surface area contributed by atoms with Crippen LogP contribution in [0.3, 0.4) is 0 Å². The summed E-state index contributed by atoms with van der Waals surface area (Å²) in [4.78, 5) is 14.4. The third kappa shape index (κ3) is 8.21. The third-order valence-electron chi connectivity index (χ3n) is 3.24. The molecule has 1 N–H and O–H groups in total. The molecule has 0 amide bonds. The standard InChI is InChI=1S/C13H26O5S/c1-3-4-5-6-7-8-9-10-11-19(16,17)12(2)13(14)18-15/h12,15H,3-11H2,1-2H3/t12-/m0/s1. The molecule has 114 valence electrons. The molecule has 0 aliphatic carbocycles. The van der Waals surface area contributed by atoms with E-state index in [-0.39, 0.29) is 5.75 Å². The van der Waals surface area contributed by atoms with Gasteiger partial charge in [-0.05, 0) is 13.3 Å². The van der Waals surface area contributed by atoms with E-state index in [2.05, 4.69) is 11.8 Å². The molecular weight excluding hydrogens is 268 g/mol. The molecule has 5 nitrogen and oxygen atoms in total. The maximum atomic E-state index is 11.7. The minimum atomic E-state index is -3.51. The quantitative estimate of drug-likeness (QED) is 0.360. The zero-order valence-corrected chi connectivity index (χ0v) is 12.7. The fraction of sp³-hybridized carbons (Fsp3) is 0.923. The van der Waals surface area contributed by atoms with Crippen molar-refractivity contribution in [3.05, 3.63) is 0 Å². The minimum absolute atomic E-state index is 0.0295. The number of carbonyl (C=O) groups excluding carboxylic acids is 1. The molecule has 0 rings (SSSR count). The Morgan fingerprint density at radius 1 is 1.05 bits per heavy atom. The van der Waals surface area contributed by atoms with Crippen molar-refractivity contribution < 1.29 is 23.4 Å². The molecule has 0 aromatic rings. The first-order valence-corrected chi connectivity index (χ1v) is 8.74. The van der Waals surface area contributed by atoms with Crippen LogP contribution in [0.1, 0.15) is 65.2 Å². The van der Waals surface area contributed by atoms with Gasteiger partial charge in [0.2, 0.25) is 0 Å². The highest BCUT2D eigenvalue weighted by Gasteiger charge is 2.29. The average Bonchev–Trinajstić information content (AvgIpc) is 2.39. The SMILES string of the molecule is CCCCCCCCCCS(=O)(=O)[C@@H](C)C(=O)OO. The lowest BCUT2D eigenvalue weighted by molar-refractivity contribution is -0.233. The molecule has 0 heterocycles. The van der Waals surface area contributed by atoms with Crippen molar-refractivity contribution in [3.63, 3.8) is 0 Å². The Bertz CT molecular complexity index is 337. The number of sulfone groups is 1. The van der Waals surface area contributed by atoms with Crippen LogP contribution in [0.5, 0.6) is 0 Å². The smallest absolute Gasteiger partial charge is 0.300 e. The summed E-state index contributed by atoms with van der Waals surface area (Å²) in [5, 5.41) is 6.88. The molecule has 0 aliphatic heterocycles. The summed E-state index contributed by atoms with van der Waals surface area (Å²) in [6.07, 6.45) is 8.49. The van der Waals surface area contributed by atoms with Gasteiger partial charge in [-0.15, -0.1) is 0 Å². The highest BCUT2D eigenvalue weighted by molar-refractivity contribution is 7.92. The molecule has 0 fully saturated rings. The van der Waals surface area contributed by atoms with Gasteiger partial charge in [-0.3, -0.25) is 4.89 Å². The second kappa shape index (κ2) is 10.2. The number of hydrogen-bond donors (Lipinski definition) is 1. The van der Waals surface area contributed by atoms with Crippen LogP contribution in [0.4, 0.5) is 0 Å². The highest BCUT2D eigenvalue weighted by Crippen LogP contribution is 2.11. The topological polar surface area (TPSA) is 80.7 Å². The summed E-state index contributed by atoms with van der Waals surface area (Å²) in [6.45, 7) is 3.40. The van der Waals surface area contributed by atoms with Gasteiger partial charge in [-0.1, -0.05) is 51.9 Å². The van der Waals surface area contributed by atoms with Crippen LogP contribution < -0.4 is 0 Å². The van der Waals surface area contributed by atoms with Crippen LogP contribution in [-0.2, 0) is 19.5 Å². The van der Waals surface area contributed by atoms with E-state index < -0.39 is 21.1 Å². The summed E-state index contributed by atoms with van der Waals surface area (Å²) in [7, 11) is -3.51. The molecule has 0 radical (unpaired) electrons. The summed E-state index contributed by atoms with van der Waals surface area (Å²) in [6, 6.07) is 0. The molecule has 0 aromatic carbocycles. The zero-order valence-electron chi connectivity index (χ0n) is 11.9. The third-order valence-corrected chi connectivity index (χ3v) is 5.37. The van der Waals surface area contributed by atoms with Crippen molar-refractivity contribution in [3.8, 4) is 0 Å². The van der Waals surface area contributed by atoms with Crippen LogP contribution in [0.25, 0.3) is 0 Å². The Morgan fingerprint density at radius 2 is 1.53 bits per heavy atom. The predicted octanol–water partition coefficient (Wildman–Crippen LogP) is 2.95. The number of carbonyl (C=O) groups is 1. The Morgan fingerprint density at radius 3 is 2.00 bits per heavy atom. The van der Waals surface area contributed by atoms with Gasteiger partial charge >= 0.3 is 5.97 Å². The van der Waals surface area contributed by atoms with Crippen LogP contribution in [0.15, 0.2) is 0 Å². The van der Waals surface area contributed by atoms with Crippen molar-refractivity contribution in [2.75, 3.05) is 5.75 Å². The molecular formula is C13H26O5S. The van der Waals surface area contributed by atoms with Crippen molar-refractivity contribution in [2.24, 2.45) is 0 Å². The molecule has 0 unspecified atom stereocenters. The van der Waals surface area contributed by atoms with Gasteiger partial charge in [0.15, 0.2) is 15.1 Å². The molecule has 0 spiro atoms. The van der Waals surface area contributed by atoms with E-state index in [9.17, 15) is 13.2 Å². The van der Waals surface area contributed by atoms with Crippen LogP contribution in [0.2, 0.25) is 0 Å². The molecule has 0 saturated carbocycles. The maximum Gasteiger partial charge on any atom is 0.359 e. The summed E-state index contributed by atoms with van der Waals surface area (Å²) >= 11 is 0. The first kappa shape index (κ1) is 18.4. The van der Waals surface area contributed by atoms with Gasteiger partial charge < -0.3 is 0 Å². The zero-order chi connectivity index (χ0) is 14.7. The van der Waals surface area contributed by atoms with Gasteiger partial charge in [-0.2, -0.15) is 5.26 Å². The predicted molar refractivity (Wildman–Crippen MR) is 74.6 cm³/mol. The van der Waals surface area contributed by atoms with Gasteiger partial charge in [0.25, 0.3) is 0 Å². The van der Waals surface area contributed by atoms with Crippen molar-refractivity contribution in [1.82, 2.24) is 0 Å². The van der Waals surface area contributed by atoms with Crippen LogP contribution in [0, 0.1) is 0 Å². The maximum absolute atomic E-state index is 11.7. The number of unbranched alkanes of at least 4 members (excludes halogenated alkanes) is 7. The first-order valence-electron chi connectivity index (χ1n) is 7.02. The summed E-state index contributed by atoms with van der Waals surface area (Å²) in [5.41, 5.74) is 0. The van der Waals surface area contributed by atoms with E-state index in [1.807, 2.05) is 0 Å². The monoisotopic (exact) mass is 294 g/mol. The van der Waals surface area contributed by atoms with Crippen molar-refractivity contribution >= 4 is 15.8 Å². The van der Waals surface area contributed by atoms with Gasteiger partial charge in [0, 0.05) is 0 Å². The molecule has 0 saturated heterocycles. The number of rotatable bonds is 11. The molecule has 0 aliphatic rings. The second-order valence-electron chi connectivity index (χ2n) is 4.89. The highest BCUT2D eigenvalue weighted by atomic mass is 32.2. The Kier molecular flexibility index (Phi) is 9.87. The lowest BCUT2D eigenvalue weighted by Crippen LogP contribution is -2.30.